The summed E-state index contributed by atoms with van der Waals surface area (Å²) in [7, 11) is 0. The number of anilines is 1. The molecule has 1 fully saturated rings. The summed E-state index contributed by atoms with van der Waals surface area (Å²) in [6, 6.07) is 15.3. The Bertz CT molecular complexity index is 618. The van der Waals surface area contributed by atoms with Gasteiger partial charge in [0.25, 0.3) is 0 Å². The highest BCUT2D eigenvalue weighted by molar-refractivity contribution is 8.01. The van der Waals surface area contributed by atoms with E-state index in [0.717, 1.165) is 11.1 Å². The van der Waals surface area contributed by atoms with Crippen molar-refractivity contribution in [1.82, 2.24) is 0 Å². The van der Waals surface area contributed by atoms with Crippen LogP contribution in [0.25, 0.3) is 11.1 Å². The van der Waals surface area contributed by atoms with Crippen molar-refractivity contribution in [3.63, 3.8) is 0 Å². The zero-order valence-electron chi connectivity index (χ0n) is 11.2. The molecule has 3 rings (SSSR count). The third-order valence-corrected chi connectivity index (χ3v) is 4.01. The van der Waals surface area contributed by atoms with Gasteiger partial charge in [0.15, 0.2) is 0 Å². The van der Waals surface area contributed by atoms with E-state index in [-0.39, 0.29) is 11.9 Å². The van der Waals surface area contributed by atoms with E-state index >= 15 is 0 Å². The van der Waals surface area contributed by atoms with E-state index < -0.39 is 5.51 Å². The first-order valence-corrected chi connectivity index (χ1v) is 7.54. The van der Waals surface area contributed by atoms with Gasteiger partial charge >= 0.3 is 5.51 Å². The second-order valence-corrected chi connectivity index (χ2v) is 6.00. The highest BCUT2D eigenvalue weighted by Gasteiger charge is 2.28. The minimum atomic E-state index is -4.29. The van der Waals surface area contributed by atoms with Crippen molar-refractivity contribution in [3.05, 3.63) is 54.1 Å². The van der Waals surface area contributed by atoms with Crippen LogP contribution in [0.5, 0.6) is 0 Å². The van der Waals surface area contributed by atoms with Gasteiger partial charge in [-0.2, -0.15) is 13.2 Å². The van der Waals surface area contributed by atoms with Crippen LogP contribution < -0.4 is 4.72 Å². The summed E-state index contributed by atoms with van der Waals surface area (Å²) in [6.07, 6.45) is 2.51. The first-order valence-electron chi connectivity index (χ1n) is 6.72. The van der Waals surface area contributed by atoms with Gasteiger partial charge in [0, 0.05) is 5.69 Å². The van der Waals surface area contributed by atoms with E-state index in [1.807, 2.05) is 18.2 Å². The summed E-state index contributed by atoms with van der Waals surface area (Å²) < 4.78 is 38.9. The molecule has 0 spiro atoms. The maximum absolute atomic E-state index is 12.2. The molecule has 2 aromatic carbocycles. The molecule has 1 nitrogen and oxygen atoms in total. The van der Waals surface area contributed by atoms with Crippen LogP contribution in [0.4, 0.5) is 18.9 Å². The van der Waals surface area contributed by atoms with Gasteiger partial charge in [-0.05, 0) is 47.6 Å². The summed E-state index contributed by atoms with van der Waals surface area (Å²) in [5.74, 6) is 0.704. The number of rotatable bonds is 4. The molecule has 21 heavy (non-hydrogen) atoms. The number of nitrogens with one attached hydrogen (secondary N) is 1. The quantitative estimate of drug-likeness (QED) is 0.715. The lowest BCUT2D eigenvalue weighted by Crippen LogP contribution is -2.04. The zero-order chi connectivity index (χ0) is 14.9. The second kappa shape index (κ2) is 5.64. The van der Waals surface area contributed by atoms with Gasteiger partial charge in [0.05, 0.1) is 11.9 Å². The lowest BCUT2D eigenvalue weighted by atomic mass is 10.0. The molecule has 0 saturated heterocycles. The Kier molecular flexibility index (Phi) is 3.85. The number of hydrogen-bond donors (Lipinski definition) is 1. The highest BCUT2D eigenvalue weighted by Crippen LogP contribution is 2.40. The molecule has 0 bridgehead atoms. The van der Waals surface area contributed by atoms with E-state index in [9.17, 15) is 13.2 Å². The van der Waals surface area contributed by atoms with Crippen LogP contribution >= 0.6 is 11.9 Å². The average Bonchev–Trinajstić information content (AvgIpc) is 3.30. The smallest absolute Gasteiger partial charge is 0.323 e. The molecule has 0 aliphatic heterocycles. The standard InChI is InChI=1S/C16H14F3NS/c17-16(18,19)21-20-15-3-1-2-14(10-15)13-8-6-12(7-9-13)11-4-5-11/h1-3,6-11,20H,4-5H2. The van der Waals surface area contributed by atoms with Crippen molar-refractivity contribution < 1.29 is 13.2 Å². The summed E-state index contributed by atoms with van der Waals surface area (Å²) in [4.78, 5) is 0. The van der Waals surface area contributed by atoms with Crippen molar-refractivity contribution in [2.45, 2.75) is 24.3 Å². The summed E-state index contributed by atoms with van der Waals surface area (Å²) in [5, 5.41) is 0. The Hall–Kier alpha value is -1.62. The third-order valence-electron chi connectivity index (χ3n) is 3.44. The SMILES string of the molecule is FC(F)(F)SNc1cccc(-c2ccc(C3CC3)cc2)c1. The molecule has 5 heteroatoms. The van der Waals surface area contributed by atoms with Crippen LogP contribution in [-0.2, 0) is 0 Å². The van der Waals surface area contributed by atoms with Gasteiger partial charge in [-0.3, -0.25) is 0 Å². The van der Waals surface area contributed by atoms with Gasteiger partial charge in [-0.25, -0.2) is 0 Å². The Morgan fingerprint density at radius 3 is 2.29 bits per heavy atom. The van der Waals surface area contributed by atoms with Crippen LogP contribution in [-0.4, -0.2) is 5.51 Å². The van der Waals surface area contributed by atoms with Crippen molar-refractivity contribution >= 4 is 17.6 Å². The van der Waals surface area contributed by atoms with Crippen LogP contribution in [0.3, 0.4) is 0 Å². The molecule has 1 aliphatic carbocycles. The van der Waals surface area contributed by atoms with Crippen LogP contribution in [0.2, 0.25) is 0 Å². The number of benzene rings is 2. The summed E-state index contributed by atoms with van der Waals surface area (Å²) in [6.45, 7) is 0. The minimum absolute atomic E-state index is 0.245. The average molecular weight is 309 g/mol. The molecule has 2 aromatic rings. The summed E-state index contributed by atoms with van der Waals surface area (Å²) in [5.41, 5.74) is -0.575. The molecule has 1 N–H and O–H groups in total. The molecule has 0 unspecified atom stereocenters. The monoisotopic (exact) mass is 309 g/mol. The first kappa shape index (κ1) is 14.3. The van der Waals surface area contributed by atoms with E-state index in [1.165, 1.54) is 18.4 Å². The molecule has 110 valence electrons. The Morgan fingerprint density at radius 2 is 1.67 bits per heavy atom. The van der Waals surface area contributed by atoms with Gasteiger partial charge in [-0.15, -0.1) is 0 Å². The normalized spacial score (nSPS) is 15.0. The molecule has 0 heterocycles. The fourth-order valence-electron chi connectivity index (χ4n) is 2.24. The Labute approximate surface area is 125 Å². The van der Waals surface area contributed by atoms with Gasteiger partial charge in [0.1, 0.15) is 0 Å². The van der Waals surface area contributed by atoms with Crippen molar-refractivity contribution in [3.8, 4) is 11.1 Å². The molecule has 0 atom stereocenters. The van der Waals surface area contributed by atoms with Gasteiger partial charge in [0.2, 0.25) is 0 Å². The Morgan fingerprint density at radius 1 is 0.952 bits per heavy atom. The maximum Gasteiger partial charge on any atom is 0.461 e. The molecule has 1 aliphatic rings. The summed E-state index contributed by atoms with van der Waals surface area (Å²) >= 11 is -0.245. The minimum Gasteiger partial charge on any atom is -0.323 e. The van der Waals surface area contributed by atoms with Crippen LogP contribution in [0, 0.1) is 0 Å². The van der Waals surface area contributed by atoms with E-state index in [4.69, 9.17) is 0 Å². The number of halogens is 3. The van der Waals surface area contributed by atoms with E-state index in [1.54, 1.807) is 18.2 Å². The third kappa shape index (κ3) is 3.94. The Balaban J connectivity index is 1.75. The van der Waals surface area contributed by atoms with Crippen molar-refractivity contribution in [1.29, 1.82) is 0 Å². The molecular formula is C16H14F3NS. The molecule has 0 amide bonds. The first-order chi connectivity index (χ1) is 10.0. The molecular weight excluding hydrogens is 295 g/mol. The fourth-order valence-corrected chi connectivity index (χ4v) is 2.60. The second-order valence-electron chi connectivity index (χ2n) is 5.13. The van der Waals surface area contributed by atoms with Crippen LogP contribution in [0.15, 0.2) is 48.5 Å². The number of hydrogen-bond acceptors (Lipinski definition) is 2. The lowest BCUT2D eigenvalue weighted by molar-refractivity contribution is -0.0323. The van der Waals surface area contributed by atoms with E-state index in [0.29, 0.717) is 11.6 Å². The molecule has 1 saturated carbocycles. The van der Waals surface area contributed by atoms with Crippen molar-refractivity contribution in [2.24, 2.45) is 0 Å². The fraction of sp³-hybridized carbons (Fsp3) is 0.250. The van der Waals surface area contributed by atoms with Crippen LogP contribution in [0.1, 0.15) is 24.3 Å². The topological polar surface area (TPSA) is 12.0 Å². The maximum atomic E-state index is 12.2. The number of alkyl halides is 3. The van der Waals surface area contributed by atoms with Crippen molar-refractivity contribution in [2.75, 3.05) is 4.72 Å². The predicted molar refractivity (Wildman–Crippen MR) is 81.1 cm³/mol. The largest absolute Gasteiger partial charge is 0.461 e. The van der Waals surface area contributed by atoms with Gasteiger partial charge in [-0.1, -0.05) is 36.4 Å². The van der Waals surface area contributed by atoms with Gasteiger partial charge < -0.3 is 4.72 Å². The lowest BCUT2D eigenvalue weighted by Gasteiger charge is -2.10. The molecule has 0 aromatic heterocycles. The highest BCUT2D eigenvalue weighted by atomic mass is 32.2. The van der Waals surface area contributed by atoms with E-state index in [2.05, 4.69) is 16.9 Å². The zero-order valence-corrected chi connectivity index (χ0v) is 12.0. The molecule has 0 radical (unpaired) electrons. The predicted octanol–water partition coefficient (Wildman–Crippen LogP) is 5.81.